The van der Waals surface area contributed by atoms with E-state index in [1.807, 2.05) is 33.8 Å². The molecule has 0 unspecified atom stereocenters. The summed E-state index contributed by atoms with van der Waals surface area (Å²) in [5, 5.41) is 5.52. The number of carbonyl (C=O) groups is 2. The summed E-state index contributed by atoms with van der Waals surface area (Å²) in [7, 11) is 0. The number of nitrogens with one attached hydrogen (secondary N) is 2. The van der Waals surface area contributed by atoms with Crippen molar-refractivity contribution in [2.24, 2.45) is 0 Å². The highest BCUT2D eigenvalue weighted by Gasteiger charge is 2.16. The molecule has 0 saturated heterocycles. The van der Waals surface area contributed by atoms with E-state index in [9.17, 15) is 9.59 Å². The van der Waals surface area contributed by atoms with Crippen LogP contribution in [-0.2, 0) is 14.3 Å². The summed E-state index contributed by atoms with van der Waals surface area (Å²) in [5.74, 6) is -1.40. The Balaban J connectivity index is 2.47. The number of amides is 2. The van der Waals surface area contributed by atoms with E-state index in [-0.39, 0.29) is 6.10 Å². The van der Waals surface area contributed by atoms with Crippen molar-refractivity contribution in [3.8, 4) is 0 Å². The van der Waals surface area contributed by atoms with Crippen LogP contribution in [0.25, 0.3) is 0 Å². The molecule has 1 rings (SSSR count). The van der Waals surface area contributed by atoms with Crippen molar-refractivity contribution in [3.05, 3.63) is 28.3 Å². The third-order valence-electron chi connectivity index (χ3n) is 2.93. The van der Waals surface area contributed by atoms with Gasteiger partial charge in [-0.15, -0.1) is 0 Å². The molecule has 2 N–H and O–H groups in total. The van der Waals surface area contributed by atoms with Crippen molar-refractivity contribution < 1.29 is 14.3 Å². The maximum atomic E-state index is 11.9. The highest BCUT2D eigenvalue weighted by molar-refractivity contribution is 6.41. The number of hydrogen-bond donors (Lipinski definition) is 2. The monoisotopic (exact) mass is 326 g/mol. The van der Waals surface area contributed by atoms with Crippen LogP contribution in [0.15, 0.2) is 12.1 Å². The van der Waals surface area contributed by atoms with E-state index in [0.29, 0.717) is 30.3 Å². The summed E-state index contributed by atoms with van der Waals surface area (Å²) in [6.07, 6.45) is 0.812. The van der Waals surface area contributed by atoms with Crippen molar-refractivity contribution in [2.75, 3.05) is 18.5 Å². The largest absolute Gasteiger partial charge is 0.379 e. The van der Waals surface area contributed by atoms with Crippen molar-refractivity contribution >= 4 is 29.1 Å². The van der Waals surface area contributed by atoms with Crippen molar-refractivity contribution in [1.29, 1.82) is 0 Å². The highest BCUT2D eigenvalue weighted by Crippen LogP contribution is 2.27. The minimum atomic E-state index is -0.723. The summed E-state index contributed by atoms with van der Waals surface area (Å²) < 4.78 is 5.35. The van der Waals surface area contributed by atoms with Gasteiger partial charge >= 0.3 is 11.8 Å². The molecule has 122 valence electrons. The van der Waals surface area contributed by atoms with Gasteiger partial charge < -0.3 is 15.4 Å². The van der Waals surface area contributed by atoms with Crippen LogP contribution in [0.2, 0.25) is 5.02 Å². The molecule has 0 bridgehead atoms. The third kappa shape index (κ3) is 6.03. The molecule has 0 atom stereocenters. The Bertz CT molecular complexity index is 521. The molecule has 0 spiro atoms. The first-order chi connectivity index (χ1) is 10.3. The Morgan fingerprint density at radius 3 is 2.50 bits per heavy atom. The fourth-order valence-electron chi connectivity index (χ4n) is 1.92. The zero-order chi connectivity index (χ0) is 16.7. The molecule has 0 saturated carbocycles. The van der Waals surface area contributed by atoms with Gasteiger partial charge in [-0.1, -0.05) is 17.7 Å². The minimum absolute atomic E-state index is 0.158. The van der Waals surface area contributed by atoms with E-state index in [2.05, 4.69) is 10.6 Å². The van der Waals surface area contributed by atoms with Crippen LogP contribution in [0.4, 0.5) is 5.69 Å². The van der Waals surface area contributed by atoms with Gasteiger partial charge in [0.05, 0.1) is 16.8 Å². The summed E-state index contributed by atoms with van der Waals surface area (Å²) in [5.41, 5.74) is 2.28. The van der Waals surface area contributed by atoms with Crippen LogP contribution in [-0.4, -0.2) is 31.1 Å². The fourth-order valence-corrected chi connectivity index (χ4v) is 2.29. The minimum Gasteiger partial charge on any atom is -0.379 e. The van der Waals surface area contributed by atoms with E-state index >= 15 is 0 Å². The topological polar surface area (TPSA) is 67.4 Å². The van der Waals surface area contributed by atoms with Crippen molar-refractivity contribution in [1.82, 2.24) is 5.32 Å². The second-order valence-electron chi connectivity index (χ2n) is 5.42. The quantitative estimate of drug-likeness (QED) is 0.624. The Morgan fingerprint density at radius 2 is 1.91 bits per heavy atom. The van der Waals surface area contributed by atoms with E-state index < -0.39 is 11.8 Å². The summed E-state index contributed by atoms with van der Waals surface area (Å²) in [4.78, 5) is 23.6. The lowest BCUT2D eigenvalue weighted by Crippen LogP contribution is -2.36. The number of ether oxygens (including phenoxy) is 1. The predicted molar refractivity (Wildman–Crippen MR) is 88.3 cm³/mol. The molecule has 0 aliphatic heterocycles. The number of carbonyl (C=O) groups excluding carboxylic acids is 2. The molecule has 22 heavy (non-hydrogen) atoms. The molecular weight excluding hydrogens is 304 g/mol. The molecule has 0 aliphatic rings. The van der Waals surface area contributed by atoms with Gasteiger partial charge in [-0.2, -0.15) is 0 Å². The van der Waals surface area contributed by atoms with Crippen LogP contribution < -0.4 is 10.6 Å². The fraction of sp³-hybridized carbons (Fsp3) is 0.500. The normalized spacial score (nSPS) is 10.6. The molecule has 2 amide bonds. The molecule has 0 aromatic heterocycles. The first kappa shape index (κ1) is 18.5. The molecule has 0 aliphatic carbocycles. The van der Waals surface area contributed by atoms with Crippen LogP contribution in [0.5, 0.6) is 0 Å². The van der Waals surface area contributed by atoms with E-state index in [0.717, 1.165) is 11.1 Å². The van der Waals surface area contributed by atoms with Gasteiger partial charge in [0.25, 0.3) is 0 Å². The predicted octanol–water partition coefficient (Wildman–Crippen LogP) is 2.83. The molecule has 6 heteroatoms. The van der Waals surface area contributed by atoms with Gasteiger partial charge in [0.2, 0.25) is 0 Å². The summed E-state index contributed by atoms with van der Waals surface area (Å²) in [6, 6.07) is 3.63. The molecule has 0 heterocycles. The smallest absolute Gasteiger partial charge is 0.313 e. The van der Waals surface area contributed by atoms with Crippen molar-refractivity contribution in [3.63, 3.8) is 0 Å². The lowest BCUT2D eigenvalue weighted by molar-refractivity contribution is -0.136. The standard InChI is InChI=1S/C16H23ClN2O3/c1-10(2)22-7-5-6-18-15(20)16(21)19-14-12(4)8-11(3)9-13(14)17/h8-10H,5-7H2,1-4H3,(H,18,20)(H,19,21). The Kier molecular flexibility index (Phi) is 7.35. The second-order valence-corrected chi connectivity index (χ2v) is 5.83. The van der Waals surface area contributed by atoms with Crippen molar-refractivity contribution in [2.45, 2.75) is 40.2 Å². The molecule has 0 radical (unpaired) electrons. The van der Waals surface area contributed by atoms with Crippen LogP contribution >= 0.6 is 11.6 Å². The number of benzene rings is 1. The lowest BCUT2D eigenvalue weighted by Gasteiger charge is -2.12. The van der Waals surface area contributed by atoms with Gasteiger partial charge in [-0.3, -0.25) is 9.59 Å². The first-order valence-corrected chi connectivity index (χ1v) is 7.66. The number of anilines is 1. The Hall–Kier alpha value is -1.59. The summed E-state index contributed by atoms with van der Waals surface area (Å²) in [6.45, 7) is 8.56. The van der Waals surface area contributed by atoms with Gasteiger partial charge in [0.15, 0.2) is 0 Å². The van der Waals surface area contributed by atoms with Gasteiger partial charge in [-0.05, 0) is 51.3 Å². The van der Waals surface area contributed by atoms with Crippen LogP contribution in [0.3, 0.4) is 0 Å². The highest BCUT2D eigenvalue weighted by atomic mass is 35.5. The number of rotatable bonds is 6. The molecule has 0 fully saturated rings. The number of halogens is 1. The van der Waals surface area contributed by atoms with Crippen LogP contribution in [0.1, 0.15) is 31.4 Å². The van der Waals surface area contributed by atoms with Crippen LogP contribution in [0, 0.1) is 13.8 Å². The number of hydrogen-bond acceptors (Lipinski definition) is 3. The van der Waals surface area contributed by atoms with E-state index in [1.165, 1.54) is 0 Å². The SMILES string of the molecule is Cc1cc(C)c(NC(=O)C(=O)NCCCOC(C)C)c(Cl)c1. The zero-order valence-electron chi connectivity index (χ0n) is 13.5. The maximum absolute atomic E-state index is 11.9. The van der Waals surface area contributed by atoms with E-state index in [1.54, 1.807) is 6.07 Å². The van der Waals surface area contributed by atoms with Gasteiger partial charge in [0.1, 0.15) is 0 Å². The average molecular weight is 327 g/mol. The maximum Gasteiger partial charge on any atom is 0.313 e. The first-order valence-electron chi connectivity index (χ1n) is 7.28. The van der Waals surface area contributed by atoms with E-state index in [4.69, 9.17) is 16.3 Å². The van der Waals surface area contributed by atoms with Gasteiger partial charge in [-0.25, -0.2) is 0 Å². The lowest BCUT2D eigenvalue weighted by atomic mass is 10.1. The second kappa shape index (κ2) is 8.76. The molecule has 1 aromatic carbocycles. The van der Waals surface area contributed by atoms with Gasteiger partial charge in [0, 0.05) is 13.2 Å². The number of aryl methyl sites for hydroxylation is 2. The third-order valence-corrected chi connectivity index (χ3v) is 3.23. The Morgan fingerprint density at radius 1 is 1.23 bits per heavy atom. The molecule has 1 aromatic rings. The Labute approximate surface area is 136 Å². The molecular formula is C16H23ClN2O3. The average Bonchev–Trinajstić information content (AvgIpc) is 2.41. The summed E-state index contributed by atoms with van der Waals surface area (Å²) >= 11 is 6.10. The molecule has 5 nitrogen and oxygen atoms in total. The zero-order valence-corrected chi connectivity index (χ0v) is 14.2.